The third kappa shape index (κ3) is 3.77. The summed E-state index contributed by atoms with van der Waals surface area (Å²) < 4.78 is 8.47. The van der Waals surface area contributed by atoms with E-state index in [-0.39, 0.29) is 29.9 Å². The minimum Gasteiger partial charge on any atom is -1.00 e. The highest BCUT2D eigenvalue weighted by molar-refractivity contribution is 5.86. The largest absolute Gasteiger partial charge is 1.00 e. The van der Waals surface area contributed by atoms with Crippen molar-refractivity contribution in [2.75, 3.05) is 27.2 Å². The van der Waals surface area contributed by atoms with E-state index in [0.29, 0.717) is 19.6 Å². The van der Waals surface area contributed by atoms with Crippen LogP contribution >= 0.6 is 0 Å². The van der Waals surface area contributed by atoms with E-state index in [0.717, 1.165) is 24.0 Å². The van der Waals surface area contributed by atoms with E-state index < -0.39 is 0 Å². The zero-order valence-corrected chi connectivity index (χ0v) is 17.2. The van der Waals surface area contributed by atoms with Crippen LogP contribution in [-0.4, -0.2) is 42.3 Å². The summed E-state index contributed by atoms with van der Waals surface area (Å²) in [6, 6.07) is 6.66. The third-order valence-electron chi connectivity index (χ3n) is 4.83. The van der Waals surface area contributed by atoms with Crippen LogP contribution in [0.2, 0.25) is 0 Å². The monoisotopic (exact) mass is 442 g/mol. The van der Waals surface area contributed by atoms with Crippen LogP contribution in [0.4, 0.5) is 0 Å². The molecule has 0 saturated carbocycles. The Bertz CT molecular complexity index is 749. The number of aromatic nitrogens is 1. The van der Waals surface area contributed by atoms with Crippen LogP contribution in [0.5, 0.6) is 0 Å². The van der Waals surface area contributed by atoms with Crippen molar-refractivity contribution in [1.82, 2.24) is 4.57 Å². The molecule has 1 aromatic carbocycles. The summed E-state index contributed by atoms with van der Waals surface area (Å²) in [5.74, 6) is -0.109. The molecule has 2 aromatic rings. The van der Waals surface area contributed by atoms with Gasteiger partial charge in [0.1, 0.15) is 6.54 Å². The lowest BCUT2D eigenvalue weighted by Crippen LogP contribution is -3.00. The second-order valence-electron chi connectivity index (χ2n) is 7.22. The molecule has 0 N–H and O–H groups in total. The van der Waals surface area contributed by atoms with Gasteiger partial charge in [-0.05, 0) is 26.0 Å². The number of quaternary nitrogens is 1. The summed E-state index contributed by atoms with van der Waals surface area (Å²) in [7, 11) is 4.58. The Kier molecular flexibility index (Phi) is 5.96. The Labute approximate surface area is 161 Å². The molecule has 0 fully saturated rings. The predicted octanol–water partition coefficient (Wildman–Crippen LogP) is 0.0394. The SMILES string of the molecule is CCOC(=O)CCn1c2c(c3cc(C)ccc31)C[N+](C)(C)CC2.[I-]. The number of likely N-dealkylation sites (N-methyl/N-ethyl adjacent to an activating group) is 1. The van der Waals surface area contributed by atoms with E-state index in [2.05, 4.69) is 43.8 Å². The molecule has 0 saturated heterocycles. The second kappa shape index (κ2) is 7.44. The highest BCUT2D eigenvalue weighted by atomic mass is 127. The fourth-order valence-electron chi connectivity index (χ4n) is 3.66. The molecule has 0 amide bonds. The van der Waals surface area contributed by atoms with Crippen LogP contribution in [-0.2, 0) is 29.0 Å². The van der Waals surface area contributed by atoms with Crippen molar-refractivity contribution < 1.29 is 38.0 Å². The van der Waals surface area contributed by atoms with E-state index in [9.17, 15) is 4.79 Å². The Balaban J connectivity index is 0.00000208. The average molecular weight is 442 g/mol. The minimum atomic E-state index is -0.109. The first-order chi connectivity index (χ1) is 10.9. The molecule has 24 heavy (non-hydrogen) atoms. The van der Waals surface area contributed by atoms with E-state index in [1.807, 2.05) is 6.92 Å². The molecule has 132 valence electrons. The highest BCUT2D eigenvalue weighted by Gasteiger charge is 2.29. The maximum Gasteiger partial charge on any atom is 0.307 e. The number of hydrogen-bond donors (Lipinski definition) is 0. The molecule has 0 spiro atoms. The zero-order valence-electron chi connectivity index (χ0n) is 15.1. The highest BCUT2D eigenvalue weighted by Crippen LogP contribution is 2.33. The molecule has 4 nitrogen and oxygen atoms in total. The van der Waals surface area contributed by atoms with Gasteiger partial charge < -0.3 is 37.8 Å². The molecule has 1 aliphatic heterocycles. The second-order valence-corrected chi connectivity index (χ2v) is 7.22. The molecule has 0 aliphatic carbocycles. The molecular formula is C19H27IN2O2. The summed E-state index contributed by atoms with van der Waals surface area (Å²) in [5, 5.41) is 1.36. The smallest absolute Gasteiger partial charge is 0.307 e. The van der Waals surface area contributed by atoms with Crippen LogP contribution < -0.4 is 24.0 Å². The summed E-state index contributed by atoms with van der Waals surface area (Å²) in [5.41, 5.74) is 5.42. The number of nitrogens with zero attached hydrogens (tertiary/aromatic N) is 2. The van der Waals surface area contributed by atoms with Crippen LogP contribution in [0.1, 0.15) is 30.2 Å². The van der Waals surface area contributed by atoms with Crippen molar-refractivity contribution in [3.63, 3.8) is 0 Å². The Hall–Kier alpha value is -1.08. The van der Waals surface area contributed by atoms with Crippen LogP contribution in [0.25, 0.3) is 10.9 Å². The van der Waals surface area contributed by atoms with E-state index >= 15 is 0 Å². The fraction of sp³-hybridized carbons (Fsp3) is 0.526. The number of halogens is 1. The number of aryl methyl sites for hydroxylation is 2. The van der Waals surface area contributed by atoms with Crippen molar-refractivity contribution in [3.05, 3.63) is 35.0 Å². The Morgan fingerprint density at radius 2 is 2.08 bits per heavy atom. The number of ether oxygens (including phenoxy) is 1. The third-order valence-corrected chi connectivity index (χ3v) is 4.83. The van der Waals surface area contributed by atoms with Crippen molar-refractivity contribution in [2.45, 2.75) is 39.8 Å². The minimum absolute atomic E-state index is 0. The summed E-state index contributed by atoms with van der Waals surface area (Å²) >= 11 is 0. The standard InChI is InChI=1S/C19H27N2O2.HI/c1-5-23-19(22)8-10-20-17-7-6-14(2)12-15(17)16-13-21(3,4)11-9-18(16)20;/h6-7,12H,5,8-11,13H2,1-4H3;1H/q+1;/p-1. The first-order valence-electron chi connectivity index (χ1n) is 8.49. The molecule has 0 bridgehead atoms. The lowest BCUT2D eigenvalue weighted by Gasteiger charge is -2.34. The predicted molar refractivity (Wildman–Crippen MR) is 92.3 cm³/mol. The lowest BCUT2D eigenvalue weighted by molar-refractivity contribution is -0.905. The normalized spacial score (nSPS) is 15.7. The number of carbonyl (C=O) groups excluding carboxylic acids is 1. The number of esters is 1. The van der Waals surface area contributed by atoms with Crippen LogP contribution in [0, 0.1) is 6.92 Å². The number of carbonyl (C=O) groups is 1. The quantitative estimate of drug-likeness (QED) is 0.381. The van der Waals surface area contributed by atoms with Gasteiger partial charge in [0, 0.05) is 35.1 Å². The number of fused-ring (bicyclic) bond motifs is 3. The van der Waals surface area contributed by atoms with E-state index in [4.69, 9.17) is 4.74 Å². The van der Waals surface area contributed by atoms with Crippen LogP contribution in [0.3, 0.4) is 0 Å². The number of rotatable bonds is 4. The van der Waals surface area contributed by atoms with Gasteiger partial charge in [-0.15, -0.1) is 0 Å². The van der Waals surface area contributed by atoms with E-state index in [1.54, 1.807) is 0 Å². The topological polar surface area (TPSA) is 31.2 Å². The molecule has 1 aliphatic rings. The summed E-state index contributed by atoms with van der Waals surface area (Å²) in [6.07, 6.45) is 1.51. The average Bonchev–Trinajstić information content (AvgIpc) is 2.77. The summed E-state index contributed by atoms with van der Waals surface area (Å²) in [4.78, 5) is 11.8. The van der Waals surface area contributed by atoms with Crippen molar-refractivity contribution >= 4 is 16.9 Å². The van der Waals surface area contributed by atoms with Gasteiger partial charge in [-0.2, -0.15) is 0 Å². The van der Waals surface area contributed by atoms with E-state index in [1.165, 1.54) is 27.7 Å². The zero-order chi connectivity index (χ0) is 16.6. The fourth-order valence-corrected chi connectivity index (χ4v) is 3.66. The first-order valence-corrected chi connectivity index (χ1v) is 8.49. The molecule has 5 heteroatoms. The molecule has 2 heterocycles. The van der Waals surface area contributed by atoms with Gasteiger partial charge in [-0.1, -0.05) is 11.6 Å². The Morgan fingerprint density at radius 3 is 2.79 bits per heavy atom. The van der Waals surface area contributed by atoms with Gasteiger partial charge in [0.2, 0.25) is 0 Å². The Morgan fingerprint density at radius 1 is 1.33 bits per heavy atom. The molecule has 0 unspecified atom stereocenters. The molecule has 0 atom stereocenters. The van der Waals surface area contributed by atoms with Gasteiger partial charge in [-0.25, -0.2) is 0 Å². The van der Waals surface area contributed by atoms with Gasteiger partial charge in [-0.3, -0.25) is 4.79 Å². The number of benzene rings is 1. The van der Waals surface area contributed by atoms with Gasteiger partial charge in [0.15, 0.2) is 0 Å². The molecule has 0 radical (unpaired) electrons. The lowest BCUT2D eigenvalue weighted by atomic mass is 10.0. The number of hydrogen-bond acceptors (Lipinski definition) is 2. The van der Waals surface area contributed by atoms with Crippen molar-refractivity contribution in [2.24, 2.45) is 0 Å². The van der Waals surface area contributed by atoms with Crippen molar-refractivity contribution in [3.8, 4) is 0 Å². The van der Waals surface area contributed by atoms with Gasteiger partial charge >= 0.3 is 5.97 Å². The maximum atomic E-state index is 11.8. The summed E-state index contributed by atoms with van der Waals surface area (Å²) in [6.45, 7) is 7.36. The maximum absolute atomic E-state index is 11.8. The van der Waals surface area contributed by atoms with Gasteiger partial charge in [0.25, 0.3) is 0 Å². The first kappa shape index (κ1) is 19.2. The molecule has 3 rings (SSSR count). The molecular weight excluding hydrogens is 415 g/mol. The van der Waals surface area contributed by atoms with Crippen molar-refractivity contribution in [1.29, 1.82) is 0 Å². The van der Waals surface area contributed by atoms with Crippen LogP contribution in [0.15, 0.2) is 18.2 Å². The van der Waals surface area contributed by atoms with Gasteiger partial charge in [0.05, 0.1) is 33.7 Å². The molecule has 1 aromatic heterocycles.